The number of carboxylic acids is 1. The highest BCUT2D eigenvalue weighted by Gasteiger charge is 2.63. The number of amides is 1. The molecule has 2 heterocycles. The smallest absolute Gasteiger partial charge is 0.339 e. The fraction of sp³-hybridized carbons (Fsp3) is 0.324. The number of nitriles is 1. The summed E-state index contributed by atoms with van der Waals surface area (Å²) in [4.78, 5) is 29.8. The summed E-state index contributed by atoms with van der Waals surface area (Å²) in [5.74, 6) is -3.33. The van der Waals surface area contributed by atoms with Gasteiger partial charge in [-0.05, 0) is 48.6 Å². The zero-order valence-corrected chi connectivity index (χ0v) is 26.8. The molecule has 0 aromatic heterocycles. The molecule has 0 aliphatic carbocycles. The van der Waals surface area contributed by atoms with Crippen LogP contribution in [0.4, 0.5) is 14.5 Å². The van der Waals surface area contributed by atoms with Crippen molar-refractivity contribution in [1.29, 1.82) is 5.26 Å². The van der Waals surface area contributed by atoms with Crippen LogP contribution in [-0.4, -0.2) is 41.2 Å². The van der Waals surface area contributed by atoms with E-state index in [4.69, 9.17) is 27.9 Å². The number of rotatable bonds is 7. The maximum absolute atomic E-state index is 16.1. The van der Waals surface area contributed by atoms with E-state index in [-0.39, 0.29) is 43.8 Å². The number of hydrogen-bond acceptors (Lipinski definition) is 5. The van der Waals surface area contributed by atoms with Gasteiger partial charge < -0.3 is 14.7 Å². The van der Waals surface area contributed by atoms with Gasteiger partial charge in [0.2, 0.25) is 0 Å². The van der Waals surface area contributed by atoms with E-state index in [1.807, 2.05) is 27.7 Å². The zero-order valence-electron chi connectivity index (χ0n) is 25.3. The summed E-state index contributed by atoms with van der Waals surface area (Å²) >= 11 is 12.4. The predicted molar refractivity (Wildman–Crippen MR) is 168 cm³/mol. The Kier molecular flexibility index (Phi) is 8.36. The van der Waals surface area contributed by atoms with Crippen molar-refractivity contribution >= 4 is 46.3 Å². The Hall–Kier alpha value is -4.13. The largest absolute Gasteiger partial charge is 0.496 e. The summed E-state index contributed by atoms with van der Waals surface area (Å²) < 4.78 is 37.4. The van der Waals surface area contributed by atoms with E-state index in [1.165, 1.54) is 60.5 Å². The second kappa shape index (κ2) is 11.7. The Morgan fingerprint density at radius 3 is 2.42 bits per heavy atom. The standard InChI is InChI=1S/C34H31Cl2F2N3O4/c1-6-27-40(19-11-12-20(32(43)44)25(15-19)45-5)31(42)30-28(21-8-7-9-23(36)29(21)38)34(17-39,22-13-10-18(35)14-24(22)37)26(41(27)30)16-33(2,3)4/h7-15,26-27H,6,16H2,1-5H3,(H,43,44)/t26-,27+,34-/m0/s1. The maximum atomic E-state index is 16.1. The summed E-state index contributed by atoms with van der Waals surface area (Å²) in [5, 5.41) is 20.7. The Balaban J connectivity index is 1.90. The topological polar surface area (TPSA) is 93.9 Å². The molecular weight excluding hydrogens is 623 g/mol. The first-order valence-corrected chi connectivity index (χ1v) is 15.1. The van der Waals surface area contributed by atoms with Gasteiger partial charge in [-0.15, -0.1) is 0 Å². The number of aromatic carboxylic acids is 1. The van der Waals surface area contributed by atoms with Crippen LogP contribution in [0.25, 0.3) is 5.57 Å². The molecule has 2 aliphatic heterocycles. The van der Waals surface area contributed by atoms with Gasteiger partial charge in [-0.2, -0.15) is 5.26 Å². The molecule has 0 unspecified atom stereocenters. The lowest BCUT2D eigenvalue weighted by Crippen LogP contribution is -2.51. The molecule has 1 amide bonds. The highest BCUT2D eigenvalue weighted by atomic mass is 35.5. The van der Waals surface area contributed by atoms with E-state index >= 15 is 8.78 Å². The average molecular weight is 655 g/mol. The maximum Gasteiger partial charge on any atom is 0.339 e. The van der Waals surface area contributed by atoms with Gasteiger partial charge in [0.05, 0.1) is 24.2 Å². The molecule has 1 N–H and O–H groups in total. The molecule has 0 radical (unpaired) electrons. The van der Waals surface area contributed by atoms with Gasteiger partial charge in [0.1, 0.15) is 40.2 Å². The van der Waals surface area contributed by atoms with Gasteiger partial charge in [0.15, 0.2) is 0 Å². The number of carbonyl (C=O) groups excluding carboxylic acids is 1. The monoisotopic (exact) mass is 653 g/mol. The number of ether oxygens (including phenoxy) is 1. The average Bonchev–Trinajstić information content (AvgIpc) is 3.42. The molecule has 45 heavy (non-hydrogen) atoms. The van der Waals surface area contributed by atoms with Crippen molar-refractivity contribution in [3.8, 4) is 11.8 Å². The molecule has 2 aliphatic rings. The van der Waals surface area contributed by atoms with Crippen molar-refractivity contribution in [2.75, 3.05) is 12.0 Å². The number of nitrogens with zero attached hydrogens (tertiary/aromatic N) is 3. The minimum atomic E-state index is -1.86. The molecule has 0 saturated carbocycles. The van der Waals surface area contributed by atoms with Crippen LogP contribution in [0.15, 0.2) is 60.3 Å². The first-order valence-electron chi connectivity index (χ1n) is 14.3. The van der Waals surface area contributed by atoms with Crippen molar-refractivity contribution in [2.45, 2.75) is 58.2 Å². The lowest BCUT2D eigenvalue weighted by molar-refractivity contribution is -0.114. The van der Waals surface area contributed by atoms with Crippen LogP contribution in [0.3, 0.4) is 0 Å². The number of fused-ring (bicyclic) bond motifs is 1. The zero-order chi connectivity index (χ0) is 33.0. The third-order valence-corrected chi connectivity index (χ3v) is 8.91. The molecule has 11 heteroatoms. The molecule has 1 saturated heterocycles. The van der Waals surface area contributed by atoms with Gasteiger partial charge in [-0.3, -0.25) is 9.69 Å². The molecule has 7 nitrogen and oxygen atoms in total. The quantitative estimate of drug-likeness (QED) is 0.277. The lowest BCUT2D eigenvalue weighted by Gasteiger charge is -2.43. The molecule has 3 atom stereocenters. The van der Waals surface area contributed by atoms with Crippen molar-refractivity contribution in [1.82, 2.24) is 4.90 Å². The Morgan fingerprint density at radius 2 is 1.84 bits per heavy atom. The van der Waals surface area contributed by atoms with Crippen molar-refractivity contribution in [3.63, 3.8) is 0 Å². The van der Waals surface area contributed by atoms with Crippen LogP contribution in [0.5, 0.6) is 5.75 Å². The SMILES string of the molecule is CC[C@@H]1N(c2ccc(C(=O)O)c(OC)c2)C(=O)C2=C(c3cccc(Cl)c3F)[C@@](C#N)(c3ccc(Cl)cc3F)[C@H](CC(C)(C)C)N21. The van der Waals surface area contributed by atoms with Gasteiger partial charge in [0.25, 0.3) is 5.91 Å². The molecule has 5 rings (SSSR count). The number of carbonyl (C=O) groups is 2. The van der Waals surface area contributed by atoms with Crippen molar-refractivity contribution in [2.24, 2.45) is 5.41 Å². The first-order chi connectivity index (χ1) is 21.2. The summed E-state index contributed by atoms with van der Waals surface area (Å²) in [6.45, 7) is 7.77. The van der Waals surface area contributed by atoms with Crippen LogP contribution in [0.2, 0.25) is 10.0 Å². The third-order valence-electron chi connectivity index (χ3n) is 8.38. The molecule has 1 fully saturated rings. The van der Waals surface area contributed by atoms with Crippen molar-refractivity contribution in [3.05, 3.63) is 98.7 Å². The van der Waals surface area contributed by atoms with Crippen LogP contribution in [-0.2, 0) is 10.2 Å². The Labute approximate surface area is 270 Å². The van der Waals surface area contributed by atoms with Crippen LogP contribution in [0, 0.1) is 28.4 Å². The Morgan fingerprint density at radius 1 is 1.13 bits per heavy atom. The summed E-state index contributed by atoms with van der Waals surface area (Å²) in [6, 6.07) is 14.1. The summed E-state index contributed by atoms with van der Waals surface area (Å²) in [7, 11) is 1.33. The van der Waals surface area contributed by atoms with E-state index in [2.05, 4.69) is 6.07 Å². The summed E-state index contributed by atoms with van der Waals surface area (Å²) in [5.41, 5.74) is -2.14. The van der Waals surface area contributed by atoms with E-state index in [9.17, 15) is 20.0 Å². The normalized spacial score (nSPS) is 21.3. The minimum Gasteiger partial charge on any atom is -0.496 e. The van der Waals surface area contributed by atoms with E-state index in [0.29, 0.717) is 18.5 Å². The number of anilines is 1. The second-order valence-electron chi connectivity index (χ2n) is 12.3. The van der Waals surface area contributed by atoms with Gasteiger partial charge >= 0.3 is 5.97 Å². The van der Waals surface area contributed by atoms with E-state index in [1.54, 1.807) is 4.90 Å². The second-order valence-corrected chi connectivity index (χ2v) is 13.2. The van der Waals surface area contributed by atoms with Gasteiger partial charge in [-0.1, -0.05) is 69.1 Å². The number of hydrogen-bond donors (Lipinski definition) is 1. The Bertz CT molecular complexity index is 1800. The summed E-state index contributed by atoms with van der Waals surface area (Å²) in [6.07, 6.45) is -0.0473. The molecule has 3 aromatic rings. The van der Waals surface area contributed by atoms with Gasteiger partial charge in [-0.25, -0.2) is 13.6 Å². The molecule has 3 aromatic carbocycles. The highest BCUT2D eigenvalue weighted by Crippen LogP contribution is 2.58. The van der Waals surface area contributed by atoms with Gasteiger partial charge in [0, 0.05) is 33.5 Å². The predicted octanol–water partition coefficient (Wildman–Crippen LogP) is 8.05. The van der Waals surface area contributed by atoms with Crippen LogP contribution in [0.1, 0.15) is 62.0 Å². The van der Waals surface area contributed by atoms with Crippen LogP contribution >= 0.6 is 23.2 Å². The van der Waals surface area contributed by atoms with Crippen LogP contribution < -0.4 is 9.64 Å². The fourth-order valence-electron chi connectivity index (χ4n) is 6.65. The highest BCUT2D eigenvalue weighted by molar-refractivity contribution is 6.31. The van der Waals surface area contributed by atoms with Crippen molar-refractivity contribution < 1.29 is 28.2 Å². The molecule has 0 spiro atoms. The number of methoxy groups -OCH3 is 1. The minimum absolute atomic E-state index is 0.000503. The molecular formula is C34H31Cl2F2N3O4. The third kappa shape index (κ3) is 5.10. The van der Waals surface area contributed by atoms with E-state index < -0.39 is 46.5 Å². The lowest BCUT2D eigenvalue weighted by atomic mass is 9.65. The first kappa shape index (κ1) is 32.3. The molecule has 0 bridgehead atoms. The number of carboxylic acid groups (broad SMARTS) is 1. The number of benzene rings is 3. The molecule has 234 valence electrons. The number of halogens is 4. The van der Waals surface area contributed by atoms with E-state index in [0.717, 1.165) is 6.07 Å². The fourth-order valence-corrected chi connectivity index (χ4v) is 6.99.